The largest absolute Gasteiger partial charge is 0.480 e. The lowest BCUT2D eigenvalue weighted by molar-refractivity contribution is -0.143. The molecule has 1 aromatic heterocycles. The minimum atomic E-state index is -1.26. The molecular weight excluding hydrogens is 282 g/mol. The lowest BCUT2D eigenvalue weighted by Crippen LogP contribution is -2.49. The Hall–Kier alpha value is -0.880. The van der Waals surface area contributed by atoms with Crippen LogP contribution in [0.15, 0.2) is 15.9 Å². The first-order valence-electron chi connectivity index (χ1n) is 4.13. The van der Waals surface area contributed by atoms with Gasteiger partial charge in [0.25, 0.3) is 5.91 Å². The molecule has 1 amide bonds. The first-order valence-corrected chi connectivity index (χ1v) is 5.80. The van der Waals surface area contributed by atoms with Gasteiger partial charge in [0, 0.05) is 9.85 Å². The molecule has 0 bridgehead atoms. The average Bonchev–Trinajstić information content (AvgIpc) is 2.50. The molecular formula is C9H10BrNO3S. The normalized spacial score (nSPS) is 11.1. The minimum Gasteiger partial charge on any atom is -0.480 e. The highest BCUT2D eigenvalue weighted by Gasteiger charge is 2.29. The molecule has 0 saturated carbocycles. The van der Waals surface area contributed by atoms with Crippen LogP contribution in [0.2, 0.25) is 0 Å². The summed E-state index contributed by atoms with van der Waals surface area (Å²) in [5.41, 5.74) is -1.26. The molecule has 82 valence electrons. The van der Waals surface area contributed by atoms with E-state index in [9.17, 15) is 9.59 Å². The lowest BCUT2D eigenvalue weighted by atomic mass is 10.1. The van der Waals surface area contributed by atoms with E-state index in [1.54, 1.807) is 11.4 Å². The van der Waals surface area contributed by atoms with E-state index in [1.807, 2.05) is 0 Å². The molecule has 0 radical (unpaired) electrons. The Bertz CT molecular complexity index is 400. The average molecular weight is 292 g/mol. The Kier molecular flexibility index (Phi) is 3.51. The Labute approximate surface area is 99.4 Å². The molecule has 0 aliphatic carbocycles. The summed E-state index contributed by atoms with van der Waals surface area (Å²) in [6, 6.07) is 1.65. The molecule has 0 aliphatic rings. The van der Waals surface area contributed by atoms with E-state index in [0.29, 0.717) is 4.88 Å². The van der Waals surface area contributed by atoms with Crippen LogP contribution in [-0.2, 0) is 4.79 Å². The number of amides is 1. The van der Waals surface area contributed by atoms with Crippen molar-refractivity contribution in [3.63, 3.8) is 0 Å². The second-order valence-electron chi connectivity index (χ2n) is 3.51. The Morgan fingerprint density at radius 3 is 2.53 bits per heavy atom. The van der Waals surface area contributed by atoms with Crippen molar-refractivity contribution in [1.82, 2.24) is 5.32 Å². The van der Waals surface area contributed by atoms with Crippen LogP contribution in [-0.4, -0.2) is 22.5 Å². The molecule has 1 aromatic rings. The van der Waals surface area contributed by atoms with Crippen molar-refractivity contribution < 1.29 is 14.7 Å². The van der Waals surface area contributed by atoms with Crippen LogP contribution in [0.25, 0.3) is 0 Å². The Balaban J connectivity index is 2.76. The maximum absolute atomic E-state index is 11.6. The van der Waals surface area contributed by atoms with Gasteiger partial charge in [0.05, 0.1) is 4.88 Å². The second kappa shape index (κ2) is 4.32. The zero-order chi connectivity index (χ0) is 11.6. The van der Waals surface area contributed by atoms with Crippen molar-refractivity contribution >= 4 is 39.1 Å². The molecule has 4 nitrogen and oxygen atoms in total. The van der Waals surface area contributed by atoms with Crippen LogP contribution in [0.1, 0.15) is 23.5 Å². The number of halogens is 1. The zero-order valence-electron chi connectivity index (χ0n) is 8.20. The van der Waals surface area contributed by atoms with Gasteiger partial charge in [-0.1, -0.05) is 0 Å². The summed E-state index contributed by atoms with van der Waals surface area (Å²) in [6.07, 6.45) is 0. The molecule has 0 saturated heterocycles. The highest BCUT2D eigenvalue weighted by molar-refractivity contribution is 9.10. The molecule has 0 atom stereocenters. The summed E-state index contributed by atoms with van der Waals surface area (Å²) in [6.45, 7) is 2.88. The predicted octanol–water partition coefficient (Wildman–Crippen LogP) is 2.10. The topological polar surface area (TPSA) is 66.4 Å². The van der Waals surface area contributed by atoms with E-state index in [0.717, 1.165) is 4.47 Å². The number of carboxylic acid groups (broad SMARTS) is 1. The van der Waals surface area contributed by atoms with Gasteiger partial charge >= 0.3 is 5.97 Å². The number of rotatable bonds is 3. The number of hydrogen-bond acceptors (Lipinski definition) is 3. The molecule has 0 fully saturated rings. The van der Waals surface area contributed by atoms with Crippen LogP contribution in [0.3, 0.4) is 0 Å². The summed E-state index contributed by atoms with van der Waals surface area (Å²) < 4.78 is 0.811. The summed E-state index contributed by atoms with van der Waals surface area (Å²) in [5, 5.41) is 13.0. The number of thiophene rings is 1. The summed E-state index contributed by atoms with van der Waals surface area (Å²) in [4.78, 5) is 22.8. The molecule has 1 rings (SSSR count). The fourth-order valence-electron chi connectivity index (χ4n) is 0.831. The lowest BCUT2D eigenvalue weighted by Gasteiger charge is -2.20. The standard InChI is InChI=1S/C9H10BrNO3S/c1-9(2,8(13)14)11-7(12)6-3-5(10)4-15-6/h3-4H,1-2H3,(H,11,12)(H,13,14). The van der Waals surface area contributed by atoms with Crippen LogP contribution < -0.4 is 5.32 Å². The first kappa shape index (κ1) is 12.2. The quantitative estimate of drug-likeness (QED) is 0.896. The molecule has 0 aromatic carbocycles. The number of hydrogen-bond donors (Lipinski definition) is 2. The SMILES string of the molecule is CC(C)(NC(=O)c1cc(Br)cs1)C(=O)O. The van der Waals surface area contributed by atoms with Crippen LogP contribution in [0.4, 0.5) is 0 Å². The molecule has 15 heavy (non-hydrogen) atoms. The van der Waals surface area contributed by atoms with E-state index >= 15 is 0 Å². The van der Waals surface area contributed by atoms with Crippen molar-refractivity contribution in [2.75, 3.05) is 0 Å². The van der Waals surface area contributed by atoms with Crippen LogP contribution in [0, 0.1) is 0 Å². The Morgan fingerprint density at radius 1 is 1.53 bits per heavy atom. The van der Waals surface area contributed by atoms with Crippen LogP contribution in [0.5, 0.6) is 0 Å². The summed E-state index contributed by atoms with van der Waals surface area (Å²) >= 11 is 4.48. The third-order valence-corrected chi connectivity index (χ3v) is 3.44. The van der Waals surface area contributed by atoms with Gasteiger partial charge in [0.1, 0.15) is 5.54 Å². The van der Waals surface area contributed by atoms with Gasteiger partial charge in [0.15, 0.2) is 0 Å². The van der Waals surface area contributed by atoms with Crippen molar-refractivity contribution in [2.24, 2.45) is 0 Å². The predicted molar refractivity (Wildman–Crippen MR) is 61.2 cm³/mol. The fourth-order valence-corrected chi connectivity index (χ4v) is 2.15. The molecule has 0 spiro atoms. The molecule has 0 unspecified atom stereocenters. The van der Waals surface area contributed by atoms with Gasteiger partial charge in [-0.15, -0.1) is 11.3 Å². The van der Waals surface area contributed by atoms with Gasteiger partial charge in [-0.2, -0.15) is 0 Å². The maximum Gasteiger partial charge on any atom is 0.328 e. The van der Waals surface area contributed by atoms with Gasteiger partial charge < -0.3 is 10.4 Å². The molecule has 6 heteroatoms. The van der Waals surface area contributed by atoms with Gasteiger partial charge in [0.2, 0.25) is 0 Å². The maximum atomic E-state index is 11.6. The third-order valence-electron chi connectivity index (χ3n) is 1.75. The molecule has 2 N–H and O–H groups in total. The highest BCUT2D eigenvalue weighted by Crippen LogP contribution is 2.20. The van der Waals surface area contributed by atoms with E-state index < -0.39 is 11.5 Å². The second-order valence-corrected chi connectivity index (χ2v) is 5.34. The van der Waals surface area contributed by atoms with Gasteiger partial charge in [-0.25, -0.2) is 4.79 Å². The molecule has 1 heterocycles. The zero-order valence-corrected chi connectivity index (χ0v) is 10.6. The fraction of sp³-hybridized carbons (Fsp3) is 0.333. The smallest absolute Gasteiger partial charge is 0.328 e. The number of aliphatic carboxylic acids is 1. The van der Waals surface area contributed by atoms with Gasteiger partial charge in [-0.3, -0.25) is 4.79 Å². The van der Waals surface area contributed by atoms with Crippen LogP contribution >= 0.6 is 27.3 Å². The van der Waals surface area contributed by atoms with E-state index in [-0.39, 0.29) is 5.91 Å². The number of carbonyl (C=O) groups is 2. The highest BCUT2D eigenvalue weighted by atomic mass is 79.9. The third kappa shape index (κ3) is 3.04. The summed E-state index contributed by atoms with van der Waals surface area (Å²) in [7, 11) is 0. The number of carboxylic acids is 1. The number of nitrogens with one attached hydrogen (secondary N) is 1. The van der Waals surface area contributed by atoms with Crippen molar-refractivity contribution in [3.8, 4) is 0 Å². The first-order chi connectivity index (χ1) is 6.83. The van der Waals surface area contributed by atoms with Crippen molar-refractivity contribution in [3.05, 3.63) is 20.8 Å². The van der Waals surface area contributed by atoms with Gasteiger partial charge in [-0.05, 0) is 35.8 Å². The monoisotopic (exact) mass is 291 g/mol. The minimum absolute atomic E-state index is 0.377. The Morgan fingerprint density at radius 2 is 2.13 bits per heavy atom. The molecule has 0 aliphatic heterocycles. The van der Waals surface area contributed by atoms with E-state index in [1.165, 1.54) is 25.2 Å². The van der Waals surface area contributed by atoms with Crippen molar-refractivity contribution in [2.45, 2.75) is 19.4 Å². The number of carbonyl (C=O) groups excluding carboxylic acids is 1. The van der Waals surface area contributed by atoms with Crippen molar-refractivity contribution in [1.29, 1.82) is 0 Å². The van der Waals surface area contributed by atoms with E-state index in [2.05, 4.69) is 21.2 Å². The summed E-state index contributed by atoms with van der Waals surface area (Å²) in [5.74, 6) is -1.44. The van der Waals surface area contributed by atoms with E-state index in [4.69, 9.17) is 5.11 Å².